The Morgan fingerprint density at radius 2 is 1.89 bits per heavy atom. The van der Waals surface area contributed by atoms with E-state index in [2.05, 4.69) is 37.9 Å². The van der Waals surface area contributed by atoms with Crippen LogP contribution in [0.25, 0.3) is 0 Å². The molecule has 2 aromatic rings. The van der Waals surface area contributed by atoms with E-state index in [0.717, 1.165) is 10.7 Å². The number of hydrogen-bond acceptors (Lipinski definition) is 2. The number of benzene rings is 2. The first kappa shape index (κ1) is 13.8. The van der Waals surface area contributed by atoms with Crippen molar-refractivity contribution in [2.24, 2.45) is 0 Å². The van der Waals surface area contributed by atoms with Crippen molar-refractivity contribution in [2.45, 2.75) is 19.9 Å². The van der Waals surface area contributed by atoms with Crippen LogP contribution in [0.4, 0.5) is 11.4 Å². The maximum absolute atomic E-state index is 6.06. The molecule has 2 nitrogen and oxygen atoms in total. The second-order valence-electron chi connectivity index (χ2n) is 4.89. The summed E-state index contributed by atoms with van der Waals surface area (Å²) >= 11 is 6.06. The Hall–Kier alpha value is -1.67. The van der Waals surface area contributed by atoms with Crippen LogP contribution in [0, 0.1) is 6.92 Å². The van der Waals surface area contributed by atoms with Gasteiger partial charge < -0.3 is 10.6 Å². The lowest BCUT2D eigenvalue weighted by atomic mass is 10.1. The van der Waals surface area contributed by atoms with Crippen molar-refractivity contribution >= 4 is 23.0 Å². The second kappa shape index (κ2) is 5.54. The van der Waals surface area contributed by atoms with Crippen molar-refractivity contribution in [1.29, 1.82) is 0 Å². The molecule has 100 valence electrons. The number of nitrogen functional groups attached to an aromatic ring is 1. The quantitative estimate of drug-likeness (QED) is 0.839. The van der Waals surface area contributed by atoms with E-state index in [-0.39, 0.29) is 6.04 Å². The standard InChI is InChI=1S/C16H19ClN2/c1-11-9-15(18)7-8-16(11)19(3)12(2)13-5-4-6-14(17)10-13/h4-10,12H,18H2,1-3H3. The Morgan fingerprint density at radius 1 is 1.16 bits per heavy atom. The minimum Gasteiger partial charge on any atom is -0.399 e. The van der Waals surface area contributed by atoms with Crippen LogP contribution in [-0.4, -0.2) is 7.05 Å². The molecule has 0 aliphatic carbocycles. The molecule has 1 atom stereocenters. The molecule has 0 saturated heterocycles. The summed E-state index contributed by atoms with van der Waals surface area (Å²) in [6, 6.07) is 14.2. The first-order valence-electron chi connectivity index (χ1n) is 6.33. The fourth-order valence-corrected chi connectivity index (χ4v) is 2.47. The number of anilines is 2. The van der Waals surface area contributed by atoms with Gasteiger partial charge in [-0.3, -0.25) is 0 Å². The topological polar surface area (TPSA) is 29.3 Å². The third-order valence-corrected chi connectivity index (χ3v) is 3.75. The van der Waals surface area contributed by atoms with E-state index in [1.165, 1.54) is 16.8 Å². The van der Waals surface area contributed by atoms with Crippen LogP contribution in [-0.2, 0) is 0 Å². The molecule has 3 heteroatoms. The van der Waals surface area contributed by atoms with Gasteiger partial charge in [-0.2, -0.15) is 0 Å². The van der Waals surface area contributed by atoms with Gasteiger partial charge in [-0.1, -0.05) is 23.7 Å². The predicted octanol–water partition coefficient (Wildman–Crippen LogP) is 4.43. The summed E-state index contributed by atoms with van der Waals surface area (Å²) in [5, 5.41) is 0.770. The monoisotopic (exact) mass is 274 g/mol. The normalized spacial score (nSPS) is 12.2. The highest BCUT2D eigenvalue weighted by Crippen LogP contribution is 2.29. The lowest BCUT2D eigenvalue weighted by molar-refractivity contribution is 0.738. The average Bonchev–Trinajstić information content (AvgIpc) is 2.37. The second-order valence-corrected chi connectivity index (χ2v) is 5.32. The number of nitrogens with two attached hydrogens (primary N) is 1. The van der Waals surface area contributed by atoms with E-state index >= 15 is 0 Å². The zero-order valence-electron chi connectivity index (χ0n) is 11.5. The number of aryl methyl sites for hydroxylation is 1. The molecule has 0 aromatic heterocycles. The molecule has 2 rings (SSSR count). The van der Waals surface area contributed by atoms with Gasteiger partial charge in [-0.25, -0.2) is 0 Å². The van der Waals surface area contributed by atoms with Gasteiger partial charge in [0.1, 0.15) is 0 Å². The molecule has 0 aliphatic heterocycles. The van der Waals surface area contributed by atoms with Gasteiger partial charge in [0.2, 0.25) is 0 Å². The maximum Gasteiger partial charge on any atom is 0.0511 e. The van der Waals surface area contributed by atoms with E-state index in [4.69, 9.17) is 17.3 Å². The van der Waals surface area contributed by atoms with Crippen LogP contribution in [0.2, 0.25) is 5.02 Å². The van der Waals surface area contributed by atoms with Gasteiger partial charge in [0, 0.05) is 23.4 Å². The fraction of sp³-hybridized carbons (Fsp3) is 0.250. The highest BCUT2D eigenvalue weighted by atomic mass is 35.5. The summed E-state index contributed by atoms with van der Waals surface area (Å²) in [5.74, 6) is 0. The zero-order valence-corrected chi connectivity index (χ0v) is 12.3. The molecule has 0 aliphatic rings. The van der Waals surface area contributed by atoms with Crippen molar-refractivity contribution in [3.63, 3.8) is 0 Å². The molecule has 1 unspecified atom stereocenters. The van der Waals surface area contributed by atoms with Crippen LogP contribution < -0.4 is 10.6 Å². The first-order chi connectivity index (χ1) is 8.99. The van der Waals surface area contributed by atoms with E-state index in [1.54, 1.807) is 0 Å². The first-order valence-corrected chi connectivity index (χ1v) is 6.71. The zero-order chi connectivity index (χ0) is 14.0. The highest BCUT2D eigenvalue weighted by Gasteiger charge is 2.14. The van der Waals surface area contributed by atoms with E-state index < -0.39 is 0 Å². The van der Waals surface area contributed by atoms with Gasteiger partial charge in [-0.15, -0.1) is 0 Å². The molecule has 0 radical (unpaired) electrons. The molecule has 0 saturated carbocycles. The Balaban J connectivity index is 2.30. The smallest absolute Gasteiger partial charge is 0.0511 e. The molecular weight excluding hydrogens is 256 g/mol. The maximum atomic E-state index is 6.06. The molecular formula is C16H19ClN2. The largest absolute Gasteiger partial charge is 0.399 e. The van der Waals surface area contributed by atoms with Crippen molar-refractivity contribution in [3.05, 3.63) is 58.6 Å². The number of hydrogen-bond donors (Lipinski definition) is 1. The van der Waals surface area contributed by atoms with Crippen molar-refractivity contribution < 1.29 is 0 Å². The van der Waals surface area contributed by atoms with Gasteiger partial charge >= 0.3 is 0 Å². The summed E-state index contributed by atoms with van der Waals surface area (Å²) in [5.41, 5.74) is 10.2. The average molecular weight is 275 g/mol. The van der Waals surface area contributed by atoms with Crippen LogP contribution >= 0.6 is 11.6 Å². The van der Waals surface area contributed by atoms with Gasteiger partial charge in [-0.05, 0) is 55.3 Å². The van der Waals surface area contributed by atoms with Crippen LogP contribution in [0.15, 0.2) is 42.5 Å². The van der Waals surface area contributed by atoms with Gasteiger partial charge in [0.25, 0.3) is 0 Å². The lowest BCUT2D eigenvalue weighted by Crippen LogP contribution is -2.22. The molecule has 0 fully saturated rings. The van der Waals surface area contributed by atoms with Gasteiger partial charge in [0.05, 0.1) is 6.04 Å². The molecule has 0 heterocycles. The number of rotatable bonds is 3. The van der Waals surface area contributed by atoms with Crippen molar-refractivity contribution in [2.75, 3.05) is 17.7 Å². The Bertz CT molecular complexity index is 581. The lowest BCUT2D eigenvalue weighted by Gasteiger charge is -2.29. The number of halogens is 1. The number of nitrogens with zero attached hydrogens (tertiary/aromatic N) is 1. The molecule has 0 amide bonds. The van der Waals surface area contributed by atoms with Crippen molar-refractivity contribution in [3.8, 4) is 0 Å². The Morgan fingerprint density at radius 3 is 2.53 bits per heavy atom. The van der Waals surface area contributed by atoms with Gasteiger partial charge in [0.15, 0.2) is 0 Å². The summed E-state index contributed by atoms with van der Waals surface area (Å²) in [7, 11) is 2.09. The minimum atomic E-state index is 0.251. The van der Waals surface area contributed by atoms with E-state index in [9.17, 15) is 0 Å². The van der Waals surface area contributed by atoms with Crippen molar-refractivity contribution in [1.82, 2.24) is 0 Å². The van der Waals surface area contributed by atoms with E-state index in [1.807, 2.05) is 30.3 Å². The summed E-state index contributed by atoms with van der Waals surface area (Å²) < 4.78 is 0. The molecule has 2 N–H and O–H groups in total. The predicted molar refractivity (Wildman–Crippen MR) is 83.9 cm³/mol. The van der Waals surface area contributed by atoms with E-state index in [0.29, 0.717) is 0 Å². The molecule has 0 spiro atoms. The summed E-state index contributed by atoms with van der Waals surface area (Å²) in [4.78, 5) is 2.24. The molecule has 19 heavy (non-hydrogen) atoms. The van der Waals surface area contributed by atoms with Crippen LogP contribution in [0.3, 0.4) is 0 Å². The highest BCUT2D eigenvalue weighted by molar-refractivity contribution is 6.30. The Labute approximate surface area is 119 Å². The Kier molecular flexibility index (Phi) is 4.01. The summed E-state index contributed by atoms with van der Waals surface area (Å²) in [6.45, 7) is 4.24. The van der Waals surface area contributed by atoms with Crippen LogP contribution in [0.5, 0.6) is 0 Å². The third kappa shape index (κ3) is 3.02. The molecule has 2 aromatic carbocycles. The van der Waals surface area contributed by atoms with Crippen LogP contribution in [0.1, 0.15) is 24.1 Å². The molecule has 0 bridgehead atoms. The minimum absolute atomic E-state index is 0.251. The third-order valence-electron chi connectivity index (χ3n) is 3.51. The fourth-order valence-electron chi connectivity index (χ4n) is 2.27. The summed E-state index contributed by atoms with van der Waals surface area (Å²) in [6.07, 6.45) is 0. The SMILES string of the molecule is Cc1cc(N)ccc1N(C)C(C)c1cccc(Cl)c1.